The second-order valence-corrected chi connectivity index (χ2v) is 20.5. The molecule has 0 bridgehead atoms. The number of rotatable bonds is 6. The zero-order chi connectivity index (χ0) is 20.5. The molecule has 0 unspecified atom stereocenters. The van der Waals surface area contributed by atoms with Crippen molar-refractivity contribution in [2.45, 2.75) is 88.4 Å². The molecule has 2 heteroatoms. The van der Waals surface area contributed by atoms with Crippen LogP contribution in [-0.4, -0.2) is 13.3 Å². The van der Waals surface area contributed by atoms with E-state index in [9.17, 15) is 0 Å². The predicted molar refractivity (Wildman–Crippen MR) is 125 cm³/mol. The molecule has 0 aliphatic heterocycles. The molecule has 152 valence electrons. The van der Waals surface area contributed by atoms with Gasteiger partial charge in [-0.05, 0) is 0 Å². The van der Waals surface area contributed by atoms with Crippen LogP contribution in [0.1, 0.15) is 80.9 Å². The summed E-state index contributed by atoms with van der Waals surface area (Å²) in [5.41, 5.74) is 7.42. The molecular weight excluding hydrogens is 399 g/mol. The summed E-state index contributed by atoms with van der Waals surface area (Å²) in [4.78, 5) is 0. The maximum atomic E-state index is 2.58. The quantitative estimate of drug-likeness (QED) is 0.353. The zero-order valence-electron chi connectivity index (χ0n) is 19.2. The van der Waals surface area contributed by atoms with Crippen molar-refractivity contribution >= 4 is 17.7 Å². The van der Waals surface area contributed by atoms with Crippen LogP contribution >= 0.6 is 0 Å². The molecule has 1 aliphatic rings. The predicted octanol–water partition coefficient (Wildman–Crippen LogP) is 6.59. The van der Waals surface area contributed by atoms with Gasteiger partial charge in [-0.2, -0.15) is 0 Å². The van der Waals surface area contributed by atoms with E-state index in [-0.39, 0.29) is 0 Å². The Labute approximate surface area is 175 Å². The Balaban J connectivity index is 2.17. The van der Waals surface area contributed by atoms with Gasteiger partial charge in [-0.3, -0.25) is 0 Å². The molecule has 1 aliphatic carbocycles. The molecule has 0 amide bonds. The van der Waals surface area contributed by atoms with Crippen molar-refractivity contribution in [1.82, 2.24) is 0 Å². The van der Waals surface area contributed by atoms with E-state index in [2.05, 4.69) is 80.1 Å². The van der Waals surface area contributed by atoms with Gasteiger partial charge in [0, 0.05) is 0 Å². The summed E-state index contributed by atoms with van der Waals surface area (Å²) in [5.74, 6) is 9.09. The summed E-state index contributed by atoms with van der Waals surface area (Å²) in [5, 5.41) is 0. The van der Waals surface area contributed by atoms with Crippen LogP contribution in [0.25, 0.3) is 11.3 Å². The summed E-state index contributed by atoms with van der Waals surface area (Å²) in [6, 6.07) is 9.76. The van der Waals surface area contributed by atoms with Crippen LogP contribution in [0.3, 0.4) is 0 Å². The van der Waals surface area contributed by atoms with Crippen LogP contribution in [0.4, 0.5) is 0 Å². The summed E-state index contributed by atoms with van der Waals surface area (Å²) in [6.07, 6.45) is 10.5. The normalized spacial score (nSPS) is 15.6. The van der Waals surface area contributed by atoms with E-state index in [0.29, 0.717) is 5.92 Å². The third kappa shape index (κ3) is 4.40. The van der Waals surface area contributed by atoms with Gasteiger partial charge < -0.3 is 0 Å². The third-order valence-corrected chi connectivity index (χ3v) is 11.2. The maximum absolute atomic E-state index is 2.58. The Morgan fingerprint density at radius 3 is 2.25 bits per heavy atom. The number of pyridine rings is 1. The first-order valence-electron chi connectivity index (χ1n) is 11.4. The second kappa shape index (κ2) is 8.73. The van der Waals surface area contributed by atoms with E-state index in [1.165, 1.54) is 60.9 Å². The van der Waals surface area contributed by atoms with Crippen molar-refractivity contribution in [2.75, 3.05) is 0 Å². The molecule has 0 radical (unpaired) electrons. The number of hydrogen-bond acceptors (Lipinski definition) is 0. The van der Waals surface area contributed by atoms with E-state index in [4.69, 9.17) is 0 Å². The van der Waals surface area contributed by atoms with Crippen molar-refractivity contribution in [2.24, 2.45) is 7.05 Å². The van der Waals surface area contributed by atoms with Crippen LogP contribution in [0.15, 0.2) is 30.5 Å². The Morgan fingerprint density at radius 1 is 1.04 bits per heavy atom. The molecular formula is C26H40GeN+. The fourth-order valence-electron chi connectivity index (χ4n) is 5.06. The van der Waals surface area contributed by atoms with Crippen LogP contribution in [0.2, 0.25) is 17.3 Å². The van der Waals surface area contributed by atoms with Crippen LogP contribution < -0.4 is 8.96 Å². The summed E-state index contributed by atoms with van der Waals surface area (Å²) in [6.45, 7) is 6.91. The first-order valence-corrected chi connectivity index (χ1v) is 18.8. The van der Waals surface area contributed by atoms with Gasteiger partial charge in [-0.1, -0.05) is 0 Å². The number of benzene rings is 1. The average molecular weight is 439 g/mol. The Hall–Kier alpha value is -1.09. The standard InChI is InChI=1S/C26H40GeN/c1-8-20(9-2)22-15-14-19(3)23(16-22)26-17-24(21-12-10-11-13-21)25(18-28(26)7)27(4,5)6/h14-18,20-21H,8-13H2,1-7H3/q+1. The Kier molecular flexibility index (Phi) is 6.74. The topological polar surface area (TPSA) is 3.88 Å². The number of hydrogen-bond donors (Lipinski definition) is 0. The molecule has 1 aromatic carbocycles. The van der Waals surface area contributed by atoms with Crippen LogP contribution in [0.5, 0.6) is 0 Å². The summed E-state index contributed by atoms with van der Waals surface area (Å²) in [7, 11) is 2.26. The van der Waals surface area contributed by atoms with Gasteiger partial charge in [-0.15, -0.1) is 0 Å². The van der Waals surface area contributed by atoms with Crippen molar-refractivity contribution in [3.05, 3.63) is 47.2 Å². The number of aromatic nitrogens is 1. The van der Waals surface area contributed by atoms with E-state index < -0.39 is 13.3 Å². The fraction of sp³-hybridized carbons (Fsp3) is 0.577. The molecule has 1 fully saturated rings. The zero-order valence-corrected chi connectivity index (χ0v) is 21.3. The van der Waals surface area contributed by atoms with Gasteiger partial charge in [0.2, 0.25) is 0 Å². The molecule has 3 rings (SSSR count). The summed E-state index contributed by atoms with van der Waals surface area (Å²) < 4.78 is 4.13. The molecule has 2 aromatic rings. The number of nitrogens with zero attached hydrogens (tertiary/aromatic N) is 1. The molecule has 1 aromatic heterocycles. The van der Waals surface area contributed by atoms with Crippen molar-refractivity contribution < 1.29 is 4.57 Å². The fourth-order valence-corrected chi connectivity index (χ4v) is 8.68. The SMILES string of the molecule is CCC(CC)c1ccc(C)c(-c2cc(C3CCCC3)[c]([Ge]([CH3])([CH3])[CH3])c[n+]2C)c1. The van der Waals surface area contributed by atoms with E-state index >= 15 is 0 Å². The number of aryl methyl sites for hydroxylation is 2. The van der Waals surface area contributed by atoms with Gasteiger partial charge in [0.1, 0.15) is 0 Å². The van der Waals surface area contributed by atoms with Crippen LogP contribution in [0, 0.1) is 6.92 Å². The molecule has 0 atom stereocenters. The minimum atomic E-state index is -1.92. The molecule has 0 N–H and O–H groups in total. The molecule has 0 saturated heterocycles. The average Bonchev–Trinajstić information content (AvgIpc) is 3.18. The first-order chi connectivity index (χ1) is 13.3. The van der Waals surface area contributed by atoms with Gasteiger partial charge >= 0.3 is 176 Å². The molecule has 1 nitrogen and oxygen atoms in total. The Bertz CT molecular complexity index is 821. The summed E-state index contributed by atoms with van der Waals surface area (Å²) >= 11 is -1.92. The van der Waals surface area contributed by atoms with E-state index in [1.807, 2.05) is 0 Å². The van der Waals surface area contributed by atoms with Crippen molar-refractivity contribution in [3.63, 3.8) is 0 Å². The van der Waals surface area contributed by atoms with Crippen molar-refractivity contribution in [1.29, 1.82) is 0 Å². The van der Waals surface area contributed by atoms with Crippen molar-refractivity contribution in [3.8, 4) is 11.3 Å². The molecule has 28 heavy (non-hydrogen) atoms. The van der Waals surface area contributed by atoms with Crippen LogP contribution in [-0.2, 0) is 7.05 Å². The monoisotopic (exact) mass is 440 g/mol. The Morgan fingerprint density at radius 2 is 1.68 bits per heavy atom. The van der Waals surface area contributed by atoms with E-state index in [1.54, 1.807) is 9.96 Å². The molecule has 1 saturated carbocycles. The molecule has 1 heterocycles. The van der Waals surface area contributed by atoms with Gasteiger partial charge in [0.25, 0.3) is 0 Å². The second-order valence-electron chi connectivity index (χ2n) is 9.96. The van der Waals surface area contributed by atoms with Gasteiger partial charge in [-0.25, -0.2) is 0 Å². The minimum absolute atomic E-state index is 0.669. The molecule has 0 spiro atoms. The first kappa shape index (κ1) is 21.6. The van der Waals surface area contributed by atoms with Gasteiger partial charge in [0.15, 0.2) is 0 Å². The van der Waals surface area contributed by atoms with Gasteiger partial charge in [0.05, 0.1) is 0 Å². The third-order valence-electron chi connectivity index (χ3n) is 6.90. The van der Waals surface area contributed by atoms with E-state index in [0.717, 1.165) is 5.92 Å².